The number of carbonyl (C=O) groups is 1. The predicted molar refractivity (Wildman–Crippen MR) is 95.6 cm³/mol. The number of carbonyl (C=O) groups excluding carboxylic acids is 1. The number of hydrogen-bond donors (Lipinski definition) is 0. The first-order valence-corrected chi connectivity index (χ1v) is 8.87. The predicted octanol–water partition coefficient (Wildman–Crippen LogP) is 6.08. The third-order valence-corrected chi connectivity index (χ3v) is 5.77. The smallest absolute Gasteiger partial charge is 0.238 e. The van der Waals surface area contributed by atoms with E-state index in [1.54, 1.807) is 35.2 Å². The van der Waals surface area contributed by atoms with E-state index in [-0.39, 0.29) is 11.3 Å². The van der Waals surface area contributed by atoms with Gasteiger partial charge in [0.25, 0.3) is 0 Å². The molecule has 2 nitrogen and oxygen atoms in total. The summed E-state index contributed by atoms with van der Waals surface area (Å²) in [5.74, 6) is 0.378. The van der Waals surface area contributed by atoms with Gasteiger partial charge >= 0.3 is 0 Å². The maximum atomic E-state index is 12.3. The molecule has 22 heavy (non-hydrogen) atoms. The molecular weight excluding hydrogens is 384 g/mol. The molecule has 2 aromatic carbocycles. The van der Waals surface area contributed by atoms with Gasteiger partial charge in [0.15, 0.2) is 0 Å². The van der Waals surface area contributed by atoms with Gasteiger partial charge in [0.2, 0.25) is 5.91 Å². The highest BCUT2D eigenvalue weighted by atomic mass is 35.5. The quantitative estimate of drug-likeness (QED) is 0.617. The lowest BCUT2D eigenvalue weighted by molar-refractivity contribution is -0.115. The van der Waals surface area contributed by atoms with Crippen molar-refractivity contribution < 1.29 is 4.79 Å². The summed E-state index contributed by atoms with van der Waals surface area (Å²) in [6, 6.07) is 10.4. The Morgan fingerprint density at radius 3 is 2.41 bits per heavy atom. The summed E-state index contributed by atoms with van der Waals surface area (Å²) in [7, 11) is 0. The van der Waals surface area contributed by atoms with Crippen molar-refractivity contribution in [3.63, 3.8) is 0 Å². The molecule has 0 bridgehead atoms. The van der Waals surface area contributed by atoms with Crippen LogP contribution in [-0.2, 0) is 4.79 Å². The summed E-state index contributed by atoms with van der Waals surface area (Å²) >= 11 is 25.7. The Labute approximate surface area is 152 Å². The van der Waals surface area contributed by atoms with Crippen LogP contribution < -0.4 is 4.90 Å². The molecule has 0 aromatic heterocycles. The SMILES string of the molecule is O=C1CSC(c2ccc(Cl)cc2Cl)N1c1ccc(Cl)c(Cl)c1. The summed E-state index contributed by atoms with van der Waals surface area (Å²) in [4.78, 5) is 14.0. The molecule has 1 unspecified atom stereocenters. The molecule has 0 N–H and O–H groups in total. The van der Waals surface area contributed by atoms with Gasteiger partial charge in [0.05, 0.1) is 15.8 Å². The lowest BCUT2D eigenvalue weighted by atomic mass is 10.2. The van der Waals surface area contributed by atoms with Crippen molar-refractivity contribution in [3.05, 3.63) is 62.1 Å². The van der Waals surface area contributed by atoms with E-state index in [1.165, 1.54) is 11.8 Å². The highest BCUT2D eigenvalue weighted by Gasteiger charge is 2.35. The van der Waals surface area contributed by atoms with Crippen molar-refractivity contribution in [1.29, 1.82) is 0 Å². The van der Waals surface area contributed by atoms with E-state index in [1.807, 2.05) is 6.07 Å². The normalized spacial score (nSPS) is 18.1. The molecule has 1 saturated heterocycles. The Balaban J connectivity index is 2.03. The Hall–Kier alpha value is -0.580. The van der Waals surface area contributed by atoms with E-state index in [0.29, 0.717) is 31.5 Å². The Morgan fingerprint density at radius 2 is 1.73 bits per heavy atom. The van der Waals surface area contributed by atoms with Crippen molar-refractivity contribution in [1.82, 2.24) is 0 Å². The van der Waals surface area contributed by atoms with Gasteiger partial charge < -0.3 is 0 Å². The first-order valence-electron chi connectivity index (χ1n) is 6.31. The molecule has 1 aliphatic rings. The third kappa shape index (κ3) is 3.06. The average Bonchev–Trinajstić information content (AvgIpc) is 2.84. The van der Waals surface area contributed by atoms with E-state index in [2.05, 4.69) is 0 Å². The fourth-order valence-electron chi connectivity index (χ4n) is 2.27. The minimum Gasteiger partial charge on any atom is -0.295 e. The lowest BCUT2D eigenvalue weighted by Crippen LogP contribution is -2.27. The number of amides is 1. The number of anilines is 1. The molecule has 114 valence electrons. The highest BCUT2D eigenvalue weighted by molar-refractivity contribution is 8.00. The molecule has 1 amide bonds. The van der Waals surface area contributed by atoms with Crippen LogP contribution in [0.2, 0.25) is 20.1 Å². The number of benzene rings is 2. The van der Waals surface area contributed by atoms with Gasteiger partial charge in [0.1, 0.15) is 5.37 Å². The van der Waals surface area contributed by atoms with Gasteiger partial charge in [-0.15, -0.1) is 11.8 Å². The lowest BCUT2D eigenvalue weighted by Gasteiger charge is -2.25. The van der Waals surface area contributed by atoms with E-state index in [4.69, 9.17) is 46.4 Å². The fourth-order valence-corrected chi connectivity index (χ4v) is 4.35. The molecule has 3 rings (SSSR count). The zero-order valence-corrected chi connectivity index (χ0v) is 14.9. The molecule has 0 radical (unpaired) electrons. The topological polar surface area (TPSA) is 20.3 Å². The van der Waals surface area contributed by atoms with Crippen molar-refractivity contribution in [3.8, 4) is 0 Å². The Bertz CT molecular complexity index is 752. The van der Waals surface area contributed by atoms with Crippen molar-refractivity contribution in [2.75, 3.05) is 10.7 Å². The summed E-state index contributed by atoms with van der Waals surface area (Å²) in [6.45, 7) is 0. The molecule has 2 aromatic rings. The van der Waals surface area contributed by atoms with Crippen LogP contribution in [-0.4, -0.2) is 11.7 Å². The van der Waals surface area contributed by atoms with E-state index in [0.717, 1.165) is 5.56 Å². The standard InChI is InChI=1S/C15H9Cl4NOS/c16-8-1-3-10(12(18)5-8)15-20(14(21)7-22-15)9-2-4-11(17)13(19)6-9/h1-6,15H,7H2. The van der Waals surface area contributed by atoms with Gasteiger partial charge in [-0.3, -0.25) is 9.69 Å². The van der Waals surface area contributed by atoms with Gasteiger partial charge in [0, 0.05) is 21.3 Å². The maximum absolute atomic E-state index is 12.3. The second kappa shape index (κ2) is 6.50. The molecule has 1 heterocycles. The van der Waals surface area contributed by atoms with E-state index < -0.39 is 0 Å². The number of hydrogen-bond acceptors (Lipinski definition) is 2. The Kier molecular flexibility index (Phi) is 4.81. The fraction of sp³-hybridized carbons (Fsp3) is 0.133. The number of nitrogens with zero attached hydrogens (tertiary/aromatic N) is 1. The van der Waals surface area contributed by atoms with Crippen LogP contribution in [0.15, 0.2) is 36.4 Å². The monoisotopic (exact) mass is 391 g/mol. The largest absolute Gasteiger partial charge is 0.295 e. The number of halogens is 4. The molecule has 1 atom stereocenters. The van der Waals surface area contributed by atoms with Crippen LogP contribution >= 0.6 is 58.2 Å². The molecule has 1 aliphatic heterocycles. The molecule has 0 saturated carbocycles. The third-order valence-electron chi connectivity index (χ3n) is 3.28. The van der Waals surface area contributed by atoms with Crippen LogP contribution in [0.25, 0.3) is 0 Å². The van der Waals surface area contributed by atoms with Gasteiger partial charge in [-0.2, -0.15) is 0 Å². The van der Waals surface area contributed by atoms with Crippen LogP contribution in [0.4, 0.5) is 5.69 Å². The summed E-state index contributed by atoms with van der Waals surface area (Å²) in [6.07, 6.45) is 0. The summed E-state index contributed by atoms with van der Waals surface area (Å²) in [5, 5.41) is 1.74. The van der Waals surface area contributed by atoms with E-state index in [9.17, 15) is 4.79 Å². The highest BCUT2D eigenvalue weighted by Crippen LogP contribution is 2.45. The first-order chi connectivity index (χ1) is 10.5. The van der Waals surface area contributed by atoms with Crippen LogP contribution in [0.5, 0.6) is 0 Å². The second-order valence-corrected chi connectivity index (χ2v) is 7.42. The van der Waals surface area contributed by atoms with E-state index >= 15 is 0 Å². The minimum atomic E-state index is -0.213. The summed E-state index contributed by atoms with van der Waals surface area (Å²) < 4.78 is 0. The zero-order chi connectivity index (χ0) is 15.9. The van der Waals surface area contributed by atoms with Gasteiger partial charge in [-0.25, -0.2) is 0 Å². The van der Waals surface area contributed by atoms with Gasteiger partial charge in [-0.05, 0) is 30.3 Å². The number of rotatable bonds is 2. The first kappa shape index (κ1) is 16.3. The molecular formula is C15H9Cl4NOS. The zero-order valence-electron chi connectivity index (χ0n) is 11.0. The van der Waals surface area contributed by atoms with Crippen molar-refractivity contribution >= 4 is 69.8 Å². The second-order valence-electron chi connectivity index (χ2n) is 4.69. The summed E-state index contributed by atoms with van der Waals surface area (Å²) in [5.41, 5.74) is 1.54. The number of thioether (sulfide) groups is 1. The molecule has 0 spiro atoms. The van der Waals surface area contributed by atoms with Gasteiger partial charge in [-0.1, -0.05) is 52.5 Å². The molecule has 0 aliphatic carbocycles. The maximum Gasteiger partial charge on any atom is 0.238 e. The van der Waals surface area contributed by atoms with Crippen molar-refractivity contribution in [2.24, 2.45) is 0 Å². The molecule has 1 fully saturated rings. The average molecular weight is 393 g/mol. The van der Waals surface area contributed by atoms with Crippen LogP contribution in [0, 0.1) is 0 Å². The van der Waals surface area contributed by atoms with Crippen LogP contribution in [0.3, 0.4) is 0 Å². The molecule has 7 heteroatoms. The minimum absolute atomic E-state index is 0.000550. The van der Waals surface area contributed by atoms with Crippen LogP contribution in [0.1, 0.15) is 10.9 Å². The Morgan fingerprint density at radius 1 is 0.955 bits per heavy atom. The van der Waals surface area contributed by atoms with Crippen molar-refractivity contribution in [2.45, 2.75) is 5.37 Å².